The minimum absolute atomic E-state index is 0.0508. The number of hydrogen-bond donors (Lipinski definition) is 2. The molecule has 5 heteroatoms. The molecule has 0 radical (unpaired) electrons. The molecule has 0 aliphatic heterocycles. The van der Waals surface area contributed by atoms with Gasteiger partial charge in [-0.25, -0.2) is 8.78 Å². The number of benzene rings is 1. The van der Waals surface area contributed by atoms with Crippen molar-refractivity contribution in [3.05, 3.63) is 35.4 Å². The maximum Gasteiger partial charge on any atom is 0.242 e. The summed E-state index contributed by atoms with van der Waals surface area (Å²) >= 11 is 0. The highest BCUT2D eigenvalue weighted by atomic mass is 19.2. The first-order chi connectivity index (χ1) is 8.32. The number of halogens is 2. The van der Waals surface area contributed by atoms with Gasteiger partial charge in [-0.3, -0.25) is 10.1 Å². The Morgan fingerprint density at radius 1 is 1.50 bits per heavy atom. The van der Waals surface area contributed by atoms with Crippen molar-refractivity contribution in [2.45, 2.75) is 38.8 Å². The van der Waals surface area contributed by atoms with Crippen LogP contribution in [0.1, 0.15) is 32.8 Å². The SMILES string of the molecule is CCC(C)NC(C)(C(N)=O)c1cccc(F)c1F. The highest BCUT2D eigenvalue weighted by molar-refractivity contribution is 5.85. The molecule has 0 heterocycles. The summed E-state index contributed by atoms with van der Waals surface area (Å²) in [6.07, 6.45) is 0.736. The Kier molecular flexibility index (Phi) is 4.40. The number of carbonyl (C=O) groups is 1. The first-order valence-corrected chi connectivity index (χ1v) is 5.85. The predicted octanol–water partition coefficient (Wildman–Crippen LogP) is 2.05. The number of carbonyl (C=O) groups excluding carboxylic acids is 1. The average Bonchev–Trinajstić information content (AvgIpc) is 2.32. The normalized spacial score (nSPS) is 16.1. The van der Waals surface area contributed by atoms with Crippen molar-refractivity contribution in [2.75, 3.05) is 0 Å². The summed E-state index contributed by atoms with van der Waals surface area (Å²) in [7, 11) is 0. The molecule has 0 bridgehead atoms. The average molecular weight is 256 g/mol. The zero-order valence-corrected chi connectivity index (χ0v) is 10.8. The molecule has 1 amide bonds. The maximum absolute atomic E-state index is 13.8. The van der Waals surface area contributed by atoms with E-state index in [-0.39, 0.29) is 11.6 Å². The summed E-state index contributed by atoms with van der Waals surface area (Å²) in [5, 5.41) is 2.95. The minimum Gasteiger partial charge on any atom is -0.368 e. The number of nitrogens with two attached hydrogens (primary N) is 1. The number of nitrogens with one attached hydrogen (secondary N) is 1. The molecule has 1 rings (SSSR count). The molecule has 2 atom stereocenters. The molecule has 0 aliphatic carbocycles. The van der Waals surface area contributed by atoms with E-state index in [0.29, 0.717) is 0 Å². The van der Waals surface area contributed by atoms with Crippen molar-refractivity contribution in [3.8, 4) is 0 Å². The summed E-state index contributed by atoms with van der Waals surface area (Å²) in [5.41, 5.74) is 3.83. The van der Waals surface area contributed by atoms with Crippen molar-refractivity contribution in [1.82, 2.24) is 5.32 Å². The maximum atomic E-state index is 13.8. The Bertz CT molecular complexity index is 451. The molecule has 3 N–H and O–H groups in total. The van der Waals surface area contributed by atoms with Crippen molar-refractivity contribution in [2.24, 2.45) is 5.73 Å². The van der Waals surface area contributed by atoms with Crippen LogP contribution in [0.3, 0.4) is 0 Å². The van der Waals surface area contributed by atoms with E-state index in [2.05, 4.69) is 5.32 Å². The van der Waals surface area contributed by atoms with Crippen molar-refractivity contribution >= 4 is 5.91 Å². The number of hydrogen-bond acceptors (Lipinski definition) is 2. The van der Waals surface area contributed by atoms with Crippen LogP contribution in [0.5, 0.6) is 0 Å². The van der Waals surface area contributed by atoms with E-state index in [1.807, 2.05) is 13.8 Å². The standard InChI is InChI=1S/C13H18F2N2O/c1-4-8(2)17-13(3,12(16)18)9-6-5-7-10(14)11(9)15/h5-8,17H,4H2,1-3H3,(H2,16,18). The Balaban J connectivity index is 3.27. The molecule has 0 aliphatic rings. The van der Waals surface area contributed by atoms with Crippen LogP contribution in [0, 0.1) is 11.6 Å². The van der Waals surface area contributed by atoms with E-state index in [4.69, 9.17) is 5.73 Å². The fourth-order valence-corrected chi connectivity index (χ4v) is 1.77. The van der Waals surface area contributed by atoms with Crippen LogP contribution in [0.15, 0.2) is 18.2 Å². The van der Waals surface area contributed by atoms with Gasteiger partial charge in [0.25, 0.3) is 0 Å². The molecule has 0 saturated heterocycles. The summed E-state index contributed by atoms with van der Waals surface area (Å²) in [4.78, 5) is 11.6. The highest BCUT2D eigenvalue weighted by Crippen LogP contribution is 2.25. The van der Waals surface area contributed by atoms with Gasteiger partial charge in [-0.1, -0.05) is 19.1 Å². The van der Waals surface area contributed by atoms with Gasteiger partial charge in [0.15, 0.2) is 11.6 Å². The summed E-state index contributed by atoms with van der Waals surface area (Å²) in [6, 6.07) is 3.67. The second-order valence-corrected chi connectivity index (χ2v) is 4.54. The molecule has 1 aromatic rings. The molecule has 3 nitrogen and oxygen atoms in total. The number of rotatable bonds is 5. The third kappa shape index (κ3) is 2.67. The third-order valence-electron chi connectivity index (χ3n) is 3.13. The Hall–Kier alpha value is -1.49. The quantitative estimate of drug-likeness (QED) is 0.847. The van der Waals surface area contributed by atoms with Crippen molar-refractivity contribution in [3.63, 3.8) is 0 Å². The van der Waals surface area contributed by atoms with Gasteiger partial charge in [-0.05, 0) is 26.3 Å². The largest absolute Gasteiger partial charge is 0.368 e. The lowest BCUT2D eigenvalue weighted by atomic mass is 9.89. The zero-order valence-electron chi connectivity index (χ0n) is 10.8. The zero-order chi connectivity index (χ0) is 13.9. The van der Waals surface area contributed by atoms with Crippen LogP contribution in [0.25, 0.3) is 0 Å². The molecular formula is C13H18F2N2O. The molecular weight excluding hydrogens is 238 g/mol. The molecule has 0 aromatic heterocycles. The van der Waals surface area contributed by atoms with Crippen LogP contribution in [-0.4, -0.2) is 11.9 Å². The van der Waals surface area contributed by atoms with Crippen LogP contribution in [-0.2, 0) is 10.3 Å². The topological polar surface area (TPSA) is 55.1 Å². The lowest BCUT2D eigenvalue weighted by Gasteiger charge is -2.31. The van der Waals surface area contributed by atoms with Gasteiger partial charge in [0, 0.05) is 11.6 Å². The van der Waals surface area contributed by atoms with Gasteiger partial charge < -0.3 is 5.73 Å². The van der Waals surface area contributed by atoms with Gasteiger partial charge in [0.2, 0.25) is 5.91 Å². The van der Waals surface area contributed by atoms with E-state index in [0.717, 1.165) is 12.5 Å². The van der Waals surface area contributed by atoms with Crippen molar-refractivity contribution < 1.29 is 13.6 Å². The van der Waals surface area contributed by atoms with Crippen LogP contribution in [0.4, 0.5) is 8.78 Å². The lowest BCUT2D eigenvalue weighted by molar-refractivity contribution is -0.124. The lowest BCUT2D eigenvalue weighted by Crippen LogP contribution is -2.54. The number of primary amides is 1. The van der Waals surface area contributed by atoms with Gasteiger partial charge in [-0.2, -0.15) is 0 Å². The van der Waals surface area contributed by atoms with Crippen molar-refractivity contribution in [1.29, 1.82) is 0 Å². The predicted molar refractivity (Wildman–Crippen MR) is 65.8 cm³/mol. The van der Waals surface area contributed by atoms with Gasteiger partial charge in [0.1, 0.15) is 5.54 Å². The molecule has 0 spiro atoms. The second-order valence-electron chi connectivity index (χ2n) is 4.54. The molecule has 100 valence electrons. The molecule has 0 saturated carbocycles. The Labute approximate surface area is 105 Å². The van der Waals surface area contributed by atoms with E-state index < -0.39 is 23.1 Å². The van der Waals surface area contributed by atoms with E-state index in [1.54, 1.807) is 0 Å². The highest BCUT2D eigenvalue weighted by Gasteiger charge is 2.37. The van der Waals surface area contributed by atoms with E-state index in [1.165, 1.54) is 19.1 Å². The fourth-order valence-electron chi connectivity index (χ4n) is 1.77. The van der Waals surface area contributed by atoms with Gasteiger partial charge in [0.05, 0.1) is 0 Å². The van der Waals surface area contributed by atoms with Crippen LogP contribution < -0.4 is 11.1 Å². The van der Waals surface area contributed by atoms with Crippen LogP contribution >= 0.6 is 0 Å². The van der Waals surface area contributed by atoms with E-state index >= 15 is 0 Å². The first-order valence-electron chi connectivity index (χ1n) is 5.85. The first kappa shape index (κ1) is 14.6. The molecule has 0 fully saturated rings. The Morgan fingerprint density at radius 2 is 2.11 bits per heavy atom. The second kappa shape index (κ2) is 5.44. The van der Waals surface area contributed by atoms with E-state index in [9.17, 15) is 13.6 Å². The minimum atomic E-state index is -1.43. The summed E-state index contributed by atoms with van der Waals surface area (Å²) in [5.74, 6) is -2.78. The number of amides is 1. The monoisotopic (exact) mass is 256 g/mol. The molecule has 1 aromatic carbocycles. The summed E-state index contributed by atoms with van der Waals surface area (Å²) < 4.78 is 27.0. The fraction of sp³-hybridized carbons (Fsp3) is 0.462. The smallest absolute Gasteiger partial charge is 0.242 e. The van der Waals surface area contributed by atoms with Crippen LogP contribution in [0.2, 0.25) is 0 Å². The third-order valence-corrected chi connectivity index (χ3v) is 3.13. The Morgan fingerprint density at radius 3 is 2.61 bits per heavy atom. The molecule has 2 unspecified atom stereocenters. The molecule has 18 heavy (non-hydrogen) atoms. The van der Waals surface area contributed by atoms with Gasteiger partial charge in [-0.15, -0.1) is 0 Å². The van der Waals surface area contributed by atoms with Gasteiger partial charge >= 0.3 is 0 Å². The summed E-state index contributed by atoms with van der Waals surface area (Å²) in [6.45, 7) is 5.22.